The fourth-order valence-electron chi connectivity index (χ4n) is 3.14. The molecular weight excluding hydrogens is 346 g/mol. The molecule has 0 aliphatic carbocycles. The highest BCUT2D eigenvalue weighted by atomic mass is 32.1. The average Bonchev–Trinajstić information content (AvgIpc) is 3.34. The van der Waals surface area contributed by atoms with Gasteiger partial charge in [0.05, 0.1) is 10.6 Å². The van der Waals surface area contributed by atoms with Gasteiger partial charge >= 0.3 is 0 Å². The van der Waals surface area contributed by atoms with Crippen molar-refractivity contribution in [3.8, 4) is 16.4 Å². The number of thiophene rings is 1. The van der Waals surface area contributed by atoms with Gasteiger partial charge < -0.3 is 10.6 Å². The van der Waals surface area contributed by atoms with Crippen LogP contribution < -0.4 is 10.6 Å². The first-order valence-corrected chi connectivity index (χ1v) is 9.68. The van der Waals surface area contributed by atoms with Gasteiger partial charge in [-0.05, 0) is 42.5 Å². The van der Waals surface area contributed by atoms with Crippen LogP contribution in [0, 0.1) is 5.92 Å². The van der Waals surface area contributed by atoms with E-state index in [-0.39, 0.29) is 17.8 Å². The number of piperidine rings is 1. The Balaban J connectivity index is 1.66. The Bertz CT molecular complexity index is 875. The molecule has 1 amide bonds. The van der Waals surface area contributed by atoms with Gasteiger partial charge in [-0.3, -0.25) is 4.79 Å². The molecule has 1 saturated heterocycles. The van der Waals surface area contributed by atoms with Crippen molar-refractivity contribution < 1.29 is 4.79 Å². The lowest BCUT2D eigenvalue weighted by Crippen LogP contribution is -2.50. The lowest BCUT2D eigenvalue weighted by molar-refractivity contribution is 0.0904. The maximum atomic E-state index is 12.8. The van der Waals surface area contributed by atoms with Crippen molar-refractivity contribution in [1.29, 1.82) is 0 Å². The summed E-state index contributed by atoms with van der Waals surface area (Å²) in [6.07, 6.45) is 1.05. The summed E-state index contributed by atoms with van der Waals surface area (Å²) in [7, 11) is 0. The van der Waals surface area contributed by atoms with Crippen LogP contribution in [-0.2, 0) is 0 Å². The molecule has 2 N–H and O–H groups in total. The predicted molar refractivity (Wildman–Crippen MR) is 103 cm³/mol. The van der Waals surface area contributed by atoms with Gasteiger partial charge in [0.1, 0.15) is 0 Å². The maximum absolute atomic E-state index is 12.8. The number of nitrogens with one attached hydrogen (secondary N) is 2. The normalized spacial score (nSPS) is 20.0. The zero-order valence-electron chi connectivity index (χ0n) is 14.6. The summed E-state index contributed by atoms with van der Waals surface area (Å²) in [6, 6.07) is 13.8. The molecule has 0 bridgehead atoms. The number of para-hydroxylation sites is 1. The molecule has 3 aromatic rings. The van der Waals surface area contributed by atoms with E-state index < -0.39 is 0 Å². The molecular formula is C19H21N5OS. The highest BCUT2D eigenvalue weighted by molar-refractivity contribution is 7.13. The molecule has 0 saturated carbocycles. The molecule has 3 heterocycles. The van der Waals surface area contributed by atoms with E-state index in [0.29, 0.717) is 11.7 Å². The Kier molecular flexibility index (Phi) is 4.81. The van der Waals surface area contributed by atoms with Gasteiger partial charge in [0.15, 0.2) is 5.82 Å². The van der Waals surface area contributed by atoms with E-state index in [2.05, 4.69) is 27.6 Å². The van der Waals surface area contributed by atoms with Crippen LogP contribution in [0.2, 0.25) is 0 Å². The summed E-state index contributed by atoms with van der Waals surface area (Å²) < 4.78 is 1.74. The summed E-state index contributed by atoms with van der Waals surface area (Å²) in [5, 5.41) is 12.9. The number of benzene rings is 1. The number of carbonyl (C=O) groups is 1. The Labute approximate surface area is 156 Å². The molecule has 1 fully saturated rings. The number of rotatable bonds is 4. The second-order valence-corrected chi connectivity index (χ2v) is 7.48. The van der Waals surface area contributed by atoms with Gasteiger partial charge in [-0.2, -0.15) is 0 Å². The standard InChI is InChI=1S/C19H21N5OS/c1-13-9-10-20-12-15(13)21-19(25)17-22-18(16-8-5-11-26-16)24(23-17)14-6-3-2-4-7-14/h2-8,11,13,15,20H,9-10,12H2,1H3,(H,21,25). The third-order valence-corrected chi connectivity index (χ3v) is 5.56. The summed E-state index contributed by atoms with van der Waals surface area (Å²) in [4.78, 5) is 18.3. The third kappa shape index (κ3) is 3.40. The molecule has 7 heteroatoms. The number of aromatic nitrogens is 3. The first kappa shape index (κ1) is 16.9. The first-order valence-electron chi connectivity index (χ1n) is 8.80. The molecule has 26 heavy (non-hydrogen) atoms. The van der Waals surface area contributed by atoms with E-state index in [1.165, 1.54) is 0 Å². The zero-order chi connectivity index (χ0) is 17.9. The van der Waals surface area contributed by atoms with Crippen molar-refractivity contribution in [2.45, 2.75) is 19.4 Å². The predicted octanol–water partition coefficient (Wildman–Crippen LogP) is 2.72. The number of nitrogens with zero attached hydrogens (tertiary/aromatic N) is 3. The van der Waals surface area contributed by atoms with Gasteiger partial charge in [-0.15, -0.1) is 16.4 Å². The van der Waals surface area contributed by atoms with Crippen molar-refractivity contribution in [3.05, 3.63) is 53.7 Å². The molecule has 4 rings (SSSR count). The average molecular weight is 367 g/mol. The lowest BCUT2D eigenvalue weighted by atomic mass is 9.95. The zero-order valence-corrected chi connectivity index (χ0v) is 15.4. The van der Waals surface area contributed by atoms with Crippen molar-refractivity contribution in [2.24, 2.45) is 5.92 Å². The minimum absolute atomic E-state index is 0.102. The second-order valence-electron chi connectivity index (χ2n) is 6.53. The van der Waals surface area contributed by atoms with Gasteiger partial charge in [-0.25, -0.2) is 9.67 Å². The Morgan fingerprint density at radius 2 is 2.12 bits per heavy atom. The summed E-state index contributed by atoms with van der Waals surface area (Å²) in [5.74, 6) is 1.10. The Morgan fingerprint density at radius 1 is 1.27 bits per heavy atom. The summed E-state index contributed by atoms with van der Waals surface area (Å²) >= 11 is 1.58. The minimum Gasteiger partial charge on any atom is -0.345 e. The lowest BCUT2D eigenvalue weighted by Gasteiger charge is -2.29. The molecule has 0 radical (unpaired) electrons. The molecule has 1 aromatic carbocycles. The molecule has 2 atom stereocenters. The van der Waals surface area contributed by atoms with Gasteiger partial charge in [-0.1, -0.05) is 31.2 Å². The number of hydrogen-bond donors (Lipinski definition) is 2. The monoisotopic (exact) mass is 367 g/mol. The van der Waals surface area contributed by atoms with E-state index in [1.807, 2.05) is 47.8 Å². The SMILES string of the molecule is CC1CCNCC1NC(=O)c1nc(-c2cccs2)n(-c2ccccc2)n1. The van der Waals surface area contributed by atoms with Crippen LogP contribution in [0.25, 0.3) is 16.4 Å². The molecule has 134 valence electrons. The summed E-state index contributed by atoms with van der Waals surface area (Å²) in [6.45, 7) is 3.94. The highest BCUT2D eigenvalue weighted by Crippen LogP contribution is 2.25. The van der Waals surface area contributed by atoms with E-state index in [0.717, 1.165) is 30.1 Å². The molecule has 2 unspecified atom stereocenters. The van der Waals surface area contributed by atoms with Gasteiger partial charge in [0.25, 0.3) is 5.91 Å². The first-order chi connectivity index (χ1) is 12.7. The molecule has 1 aliphatic rings. The van der Waals surface area contributed by atoms with E-state index in [1.54, 1.807) is 16.0 Å². The van der Waals surface area contributed by atoms with E-state index in [4.69, 9.17) is 0 Å². The fraction of sp³-hybridized carbons (Fsp3) is 0.316. The fourth-order valence-corrected chi connectivity index (χ4v) is 3.84. The number of hydrogen-bond acceptors (Lipinski definition) is 5. The second kappa shape index (κ2) is 7.39. The number of carbonyl (C=O) groups excluding carboxylic acids is 1. The van der Waals surface area contributed by atoms with Crippen LogP contribution in [-0.4, -0.2) is 39.8 Å². The van der Waals surface area contributed by atoms with Gasteiger partial charge in [0, 0.05) is 12.6 Å². The quantitative estimate of drug-likeness (QED) is 0.744. The van der Waals surface area contributed by atoms with Crippen LogP contribution in [0.15, 0.2) is 47.8 Å². The van der Waals surface area contributed by atoms with Crippen molar-refractivity contribution in [1.82, 2.24) is 25.4 Å². The molecule has 6 nitrogen and oxygen atoms in total. The van der Waals surface area contributed by atoms with Crippen molar-refractivity contribution in [2.75, 3.05) is 13.1 Å². The molecule has 1 aliphatic heterocycles. The van der Waals surface area contributed by atoms with Crippen molar-refractivity contribution >= 4 is 17.2 Å². The van der Waals surface area contributed by atoms with Crippen LogP contribution in [0.3, 0.4) is 0 Å². The Hall–Kier alpha value is -2.51. The third-order valence-electron chi connectivity index (χ3n) is 4.70. The van der Waals surface area contributed by atoms with E-state index in [9.17, 15) is 4.79 Å². The molecule has 0 spiro atoms. The highest BCUT2D eigenvalue weighted by Gasteiger charge is 2.26. The molecule has 2 aromatic heterocycles. The largest absolute Gasteiger partial charge is 0.345 e. The minimum atomic E-state index is -0.224. The van der Waals surface area contributed by atoms with Crippen LogP contribution >= 0.6 is 11.3 Å². The van der Waals surface area contributed by atoms with Crippen LogP contribution in [0.5, 0.6) is 0 Å². The van der Waals surface area contributed by atoms with Crippen LogP contribution in [0.4, 0.5) is 0 Å². The number of amides is 1. The maximum Gasteiger partial charge on any atom is 0.291 e. The Morgan fingerprint density at radius 3 is 2.85 bits per heavy atom. The van der Waals surface area contributed by atoms with Gasteiger partial charge in [0.2, 0.25) is 5.82 Å². The topological polar surface area (TPSA) is 71.8 Å². The van der Waals surface area contributed by atoms with Crippen LogP contribution in [0.1, 0.15) is 24.0 Å². The van der Waals surface area contributed by atoms with E-state index >= 15 is 0 Å². The summed E-state index contributed by atoms with van der Waals surface area (Å²) in [5.41, 5.74) is 0.884. The smallest absolute Gasteiger partial charge is 0.291 e. The van der Waals surface area contributed by atoms with Crippen molar-refractivity contribution in [3.63, 3.8) is 0 Å².